The van der Waals surface area contributed by atoms with Crippen molar-refractivity contribution in [3.05, 3.63) is 55.5 Å². The topological polar surface area (TPSA) is 26.0 Å². The Bertz CT molecular complexity index is 484. The summed E-state index contributed by atoms with van der Waals surface area (Å²) in [5.74, 6) is -0.205. The molecule has 1 atom stereocenters. The molecular formula is C13H13FINS. The molecule has 0 saturated heterocycles. The number of hydrogen-bond acceptors (Lipinski definition) is 2. The molecule has 0 bridgehead atoms. The summed E-state index contributed by atoms with van der Waals surface area (Å²) in [5.41, 5.74) is 8.49. The zero-order chi connectivity index (χ0) is 12.3. The lowest BCUT2D eigenvalue weighted by atomic mass is 10.0. The molecule has 1 aromatic heterocycles. The van der Waals surface area contributed by atoms with Gasteiger partial charge in [-0.25, -0.2) is 4.39 Å². The Kier molecular flexibility index (Phi) is 4.53. The second kappa shape index (κ2) is 5.93. The first kappa shape index (κ1) is 13.0. The van der Waals surface area contributed by atoms with Crippen LogP contribution in [-0.2, 0) is 6.42 Å². The SMILES string of the molecule is NC(CCc1ccsc1)c1ccc(F)cc1I. The molecule has 0 spiro atoms. The van der Waals surface area contributed by atoms with Crippen molar-refractivity contribution >= 4 is 33.9 Å². The Hall–Kier alpha value is -0.460. The van der Waals surface area contributed by atoms with Crippen LogP contribution in [0.15, 0.2) is 35.0 Å². The fourth-order valence-electron chi connectivity index (χ4n) is 1.71. The van der Waals surface area contributed by atoms with Gasteiger partial charge in [0.25, 0.3) is 0 Å². The first-order valence-electron chi connectivity index (χ1n) is 5.38. The van der Waals surface area contributed by atoms with Crippen LogP contribution in [0.25, 0.3) is 0 Å². The molecule has 17 heavy (non-hydrogen) atoms. The molecule has 0 saturated carbocycles. The number of rotatable bonds is 4. The van der Waals surface area contributed by atoms with E-state index < -0.39 is 0 Å². The van der Waals surface area contributed by atoms with Crippen LogP contribution in [0.5, 0.6) is 0 Å². The number of nitrogens with two attached hydrogens (primary N) is 1. The molecular weight excluding hydrogens is 348 g/mol. The van der Waals surface area contributed by atoms with Crippen LogP contribution in [0, 0.1) is 9.39 Å². The van der Waals surface area contributed by atoms with Gasteiger partial charge >= 0.3 is 0 Å². The highest BCUT2D eigenvalue weighted by Gasteiger charge is 2.10. The predicted molar refractivity (Wildman–Crippen MR) is 78.7 cm³/mol. The van der Waals surface area contributed by atoms with Gasteiger partial charge < -0.3 is 5.73 Å². The molecule has 2 N–H and O–H groups in total. The Balaban J connectivity index is 2.01. The number of halogens is 2. The van der Waals surface area contributed by atoms with Crippen LogP contribution >= 0.6 is 33.9 Å². The first-order chi connectivity index (χ1) is 8.16. The molecule has 0 aliphatic heterocycles. The summed E-state index contributed by atoms with van der Waals surface area (Å²) >= 11 is 3.84. The fourth-order valence-corrected chi connectivity index (χ4v) is 3.30. The minimum atomic E-state index is -0.205. The second-order valence-corrected chi connectivity index (χ2v) is 5.88. The molecule has 4 heteroatoms. The highest BCUT2D eigenvalue weighted by Crippen LogP contribution is 2.23. The molecule has 0 fully saturated rings. The lowest BCUT2D eigenvalue weighted by Gasteiger charge is -2.13. The summed E-state index contributed by atoms with van der Waals surface area (Å²) in [7, 11) is 0. The smallest absolute Gasteiger partial charge is 0.124 e. The van der Waals surface area contributed by atoms with E-state index in [-0.39, 0.29) is 11.9 Å². The van der Waals surface area contributed by atoms with E-state index in [2.05, 4.69) is 39.4 Å². The maximum Gasteiger partial charge on any atom is 0.124 e. The van der Waals surface area contributed by atoms with E-state index in [0.29, 0.717) is 0 Å². The summed E-state index contributed by atoms with van der Waals surface area (Å²) in [6.07, 6.45) is 1.86. The third-order valence-electron chi connectivity index (χ3n) is 2.69. The normalized spacial score (nSPS) is 12.6. The van der Waals surface area contributed by atoms with Crippen molar-refractivity contribution in [1.29, 1.82) is 0 Å². The average molecular weight is 361 g/mol. The van der Waals surface area contributed by atoms with Crippen LogP contribution in [0.3, 0.4) is 0 Å². The van der Waals surface area contributed by atoms with Crippen molar-refractivity contribution in [2.75, 3.05) is 0 Å². The Morgan fingerprint density at radius 1 is 1.35 bits per heavy atom. The third kappa shape index (κ3) is 3.50. The lowest BCUT2D eigenvalue weighted by molar-refractivity contribution is 0.616. The molecule has 0 radical (unpaired) electrons. The molecule has 1 unspecified atom stereocenters. The largest absolute Gasteiger partial charge is 0.324 e. The Labute approximate surface area is 118 Å². The summed E-state index contributed by atoms with van der Waals surface area (Å²) in [6, 6.07) is 6.88. The minimum absolute atomic E-state index is 0.0256. The van der Waals surface area contributed by atoms with Crippen molar-refractivity contribution in [1.82, 2.24) is 0 Å². The first-order valence-corrected chi connectivity index (χ1v) is 7.40. The van der Waals surface area contributed by atoms with Gasteiger partial charge in [-0.1, -0.05) is 6.07 Å². The molecule has 2 rings (SSSR count). The number of benzene rings is 1. The van der Waals surface area contributed by atoms with Gasteiger partial charge in [0.15, 0.2) is 0 Å². The van der Waals surface area contributed by atoms with Gasteiger partial charge in [-0.2, -0.15) is 11.3 Å². The zero-order valence-corrected chi connectivity index (χ0v) is 12.2. The summed E-state index contributed by atoms with van der Waals surface area (Å²) in [6.45, 7) is 0. The van der Waals surface area contributed by atoms with Gasteiger partial charge in [-0.3, -0.25) is 0 Å². The van der Waals surface area contributed by atoms with Gasteiger partial charge in [-0.15, -0.1) is 0 Å². The maximum absolute atomic E-state index is 13.0. The number of aryl methyl sites for hydroxylation is 1. The van der Waals surface area contributed by atoms with Gasteiger partial charge in [0.05, 0.1) is 0 Å². The van der Waals surface area contributed by atoms with E-state index in [4.69, 9.17) is 5.73 Å². The lowest BCUT2D eigenvalue weighted by Crippen LogP contribution is -2.12. The summed E-state index contributed by atoms with van der Waals surface area (Å²) in [4.78, 5) is 0. The van der Waals surface area contributed by atoms with E-state index in [1.807, 2.05) is 0 Å². The molecule has 0 amide bonds. The Morgan fingerprint density at radius 2 is 2.18 bits per heavy atom. The molecule has 90 valence electrons. The molecule has 0 aliphatic rings. The quantitative estimate of drug-likeness (QED) is 0.815. The second-order valence-electron chi connectivity index (χ2n) is 3.94. The summed E-state index contributed by atoms with van der Waals surface area (Å²) in [5, 5.41) is 4.21. The number of thiophene rings is 1. The van der Waals surface area contributed by atoms with Crippen molar-refractivity contribution in [3.63, 3.8) is 0 Å². The van der Waals surface area contributed by atoms with Crippen LogP contribution in [-0.4, -0.2) is 0 Å². The van der Waals surface area contributed by atoms with E-state index in [9.17, 15) is 4.39 Å². The van der Waals surface area contributed by atoms with Gasteiger partial charge in [-0.05, 0) is 75.5 Å². The van der Waals surface area contributed by atoms with Crippen molar-refractivity contribution in [3.8, 4) is 0 Å². The van der Waals surface area contributed by atoms with Gasteiger partial charge in [0.1, 0.15) is 5.82 Å². The standard InChI is InChI=1S/C13H13FINS/c14-10-2-3-11(12(15)7-10)13(16)4-1-9-5-6-17-8-9/h2-3,5-8,13H,1,4,16H2. The van der Waals surface area contributed by atoms with Crippen LogP contribution in [0.4, 0.5) is 4.39 Å². The van der Waals surface area contributed by atoms with Crippen LogP contribution in [0.1, 0.15) is 23.6 Å². The van der Waals surface area contributed by atoms with Gasteiger partial charge in [0, 0.05) is 9.61 Å². The third-order valence-corrected chi connectivity index (χ3v) is 4.35. The highest BCUT2D eigenvalue weighted by atomic mass is 127. The molecule has 1 aromatic carbocycles. The summed E-state index contributed by atoms with van der Waals surface area (Å²) < 4.78 is 13.9. The monoisotopic (exact) mass is 361 g/mol. The van der Waals surface area contributed by atoms with E-state index >= 15 is 0 Å². The van der Waals surface area contributed by atoms with Crippen molar-refractivity contribution in [2.45, 2.75) is 18.9 Å². The van der Waals surface area contributed by atoms with E-state index in [0.717, 1.165) is 22.0 Å². The Morgan fingerprint density at radius 3 is 2.82 bits per heavy atom. The minimum Gasteiger partial charge on any atom is -0.324 e. The molecule has 0 aliphatic carbocycles. The fraction of sp³-hybridized carbons (Fsp3) is 0.231. The highest BCUT2D eigenvalue weighted by molar-refractivity contribution is 14.1. The van der Waals surface area contributed by atoms with Gasteiger partial charge in [0.2, 0.25) is 0 Å². The zero-order valence-electron chi connectivity index (χ0n) is 9.20. The average Bonchev–Trinajstić information content (AvgIpc) is 2.78. The van der Waals surface area contributed by atoms with Crippen LogP contribution in [0.2, 0.25) is 0 Å². The maximum atomic E-state index is 13.0. The molecule has 1 nitrogen and oxygen atoms in total. The van der Waals surface area contributed by atoms with Crippen LogP contribution < -0.4 is 5.73 Å². The molecule has 2 aromatic rings. The van der Waals surface area contributed by atoms with Crippen molar-refractivity contribution < 1.29 is 4.39 Å². The molecule has 1 heterocycles. The predicted octanol–water partition coefficient (Wildman–Crippen LogP) is 4.12. The number of hydrogen-bond donors (Lipinski definition) is 1. The van der Waals surface area contributed by atoms with Crippen molar-refractivity contribution in [2.24, 2.45) is 5.73 Å². The van der Waals surface area contributed by atoms with E-state index in [1.165, 1.54) is 17.7 Å². The van der Waals surface area contributed by atoms with E-state index in [1.54, 1.807) is 17.4 Å².